The summed E-state index contributed by atoms with van der Waals surface area (Å²) in [5, 5.41) is 3.87. The molecule has 1 N–H and O–H groups in total. The number of amides is 1. The molecule has 1 aliphatic rings. The number of rotatable bonds is 7. The first-order valence-corrected chi connectivity index (χ1v) is 12.9. The second kappa shape index (κ2) is 10.2. The summed E-state index contributed by atoms with van der Waals surface area (Å²) in [5.41, 5.74) is 1.13. The normalized spacial score (nSPS) is 16.9. The maximum Gasteiger partial charge on any atom is 0.374 e. The van der Waals surface area contributed by atoms with Crippen molar-refractivity contribution in [2.75, 3.05) is 13.2 Å². The van der Waals surface area contributed by atoms with E-state index in [4.69, 9.17) is 20.8 Å². The number of nitrogens with zero attached hydrogens (tertiary/aromatic N) is 1. The van der Waals surface area contributed by atoms with Crippen LogP contribution in [0.2, 0.25) is 5.02 Å². The van der Waals surface area contributed by atoms with Gasteiger partial charge in [0.25, 0.3) is 0 Å². The van der Waals surface area contributed by atoms with Crippen LogP contribution in [0.25, 0.3) is 11.0 Å². The second-order valence-corrected chi connectivity index (χ2v) is 10.3. The molecule has 34 heavy (non-hydrogen) atoms. The second-order valence-electron chi connectivity index (χ2n) is 8.01. The summed E-state index contributed by atoms with van der Waals surface area (Å²) in [6.07, 6.45) is 1.92. The highest BCUT2D eigenvalue weighted by atomic mass is 35.5. The van der Waals surface area contributed by atoms with Gasteiger partial charge in [-0.2, -0.15) is 4.31 Å². The molecule has 3 aromatic rings. The number of fused-ring (bicyclic) bond motifs is 1. The predicted molar refractivity (Wildman–Crippen MR) is 127 cm³/mol. The van der Waals surface area contributed by atoms with E-state index in [2.05, 4.69) is 5.32 Å². The number of carbonyl (C=O) groups is 2. The van der Waals surface area contributed by atoms with Crippen molar-refractivity contribution in [3.05, 3.63) is 64.9 Å². The number of sulfonamides is 1. The third-order valence-corrected chi connectivity index (χ3v) is 7.79. The number of ether oxygens (including phenoxy) is 1. The number of esters is 1. The monoisotopic (exact) mass is 504 g/mol. The molecule has 0 bridgehead atoms. The van der Waals surface area contributed by atoms with E-state index in [1.54, 1.807) is 31.2 Å². The molecule has 0 spiro atoms. The number of nitrogens with one attached hydrogen (secondary N) is 1. The highest BCUT2D eigenvalue weighted by Gasteiger charge is 2.36. The smallest absolute Gasteiger partial charge is 0.374 e. The van der Waals surface area contributed by atoms with Gasteiger partial charge in [0.2, 0.25) is 21.7 Å². The fraction of sp³-hybridized carbons (Fsp3) is 0.333. The SMILES string of the molecule is CCOC(=O)c1cc2cc(CN(C3CCCCNC3=O)S(=O)(=O)c3ccc(Cl)cc3)ccc2o1. The van der Waals surface area contributed by atoms with E-state index in [9.17, 15) is 18.0 Å². The third kappa shape index (κ3) is 5.11. The Morgan fingerprint density at radius 1 is 1.18 bits per heavy atom. The van der Waals surface area contributed by atoms with Crippen LogP contribution in [0.1, 0.15) is 42.3 Å². The van der Waals surface area contributed by atoms with E-state index in [0.717, 1.165) is 12.8 Å². The third-order valence-electron chi connectivity index (χ3n) is 5.67. The minimum Gasteiger partial charge on any atom is -0.460 e. The molecule has 2 heterocycles. The van der Waals surface area contributed by atoms with Crippen molar-refractivity contribution in [2.24, 2.45) is 0 Å². The molecule has 4 rings (SSSR count). The first-order valence-electron chi connectivity index (χ1n) is 11.0. The van der Waals surface area contributed by atoms with E-state index in [0.29, 0.717) is 34.5 Å². The van der Waals surface area contributed by atoms with Crippen LogP contribution in [0.3, 0.4) is 0 Å². The summed E-state index contributed by atoms with van der Waals surface area (Å²) < 4.78 is 39.1. The van der Waals surface area contributed by atoms with Crippen LogP contribution < -0.4 is 5.32 Å². The summed E-state index contributed by atoms with van der Waals surface area (Å²) in [4.78, 5) is 24.9. The molecule has 1 saturated heterocycles. The lowest BCUT2D eigenvalue weighted by Gasteiger charge is -2.29. The molecule has 1 atom stereocenters. The molecule has 2 aromatic carbocycles. The minimum atomic E-state index is -4.02. The zero-order chi connectivity index (χ0) is 24.3. The van der Waals surface area contributed by atoms with Gasteiger partial charge in [-0.25, -0.2) is 13.2 Å². The van der Waals surface area contributed by atoms with Crippen molar-refractivity contribution >= 4 is 44.5 Å². The Labute approximate surface area is 202 Å². The van der Waals surface area contributed by atoms with Gasteiger partial charge in [0, 0.05) is 23.5 Å². The van der Waals surface area contributed by atoms with Gasteiger partial charge in [-0.3, -0.25) is 4.79 Å². The maximum absolute atomic E-state index is 13.7. The van der Waals surface area contributed by atoms with E-state index in [1.165, 1.54) is 28.6 Å². The van der Waals surface area contributed by atoms with Crippen LogP contribution in [-0.2, 0) is 26.1 Å². The van der Waals surface area contributed by atoms with Crippen molar-refractivity contribution in [1.82, 2.24) is 9.62 Å². The van der Waals surface area contributed by atoms with E-state index in [1.807, 2.05) is 0 Å². The summed E-state index contributed by atoms with van der Waals surface area (Å²) in [6, 6.07) is 11.7. The van der Waals surface area contributed by atoms with E-state index in [-0.39, 0.29) is 29.7 Å². The molecule has 1 amide bonds. The molecule has 0 aliphatic carbocycles. The lowest BCUT2D eigenvalue weighted by molar-refractivity contribution is -0.124. The number of hydrogen-bond acceptors (Lipinski definition) is 6. The Kier molecular flexibility index (Phi) is 7.25. The highest BCUT2D eigenvalue weighted by Crippen LogP contribution is 2.28. The molecule has 0 saturated carbocycles. The quantitative estimate of drug-likeness (QED) is 0.485. The highest BCUT2D eigenvalue weighted by molar-refractivity contribution is 7.89. The van der Waals surface area contributed by atoms with Gasteiger partial charge < -0.3 is 14.5 Å². The number of benzene rings is 2. The fourth-order valence-electron chi connectivity index (χ4n) is 3.98. The maximum atomic E-state index is 13.7. The van der Waals surface area contributed by atoms with Crippen LogP contribution in [-0.4, -0.2) is 43.8 Å². The first kappa shape index (κ1) is 24.3. The van der Waals surface area contributed by atoms with Crippen LogP contribution in [0.15, 0.2) is 57.8 Å². The summed E-state index contributed by atoms with van der Waals surface area (Å²) in [6.45, 7) is 2.42. The summed E-state index contributed by atoms with van der Waals surface area (Å²) >= 11 is 5.95. The number of hydrogen-bond donors (Lipinski definition) is 1. The molecular weight excluding hydrogens is 480 g/mol. The average Bonchev–Trinajstić information content (AvgIpc) is 3.13. The van der Waals surface area contributed by atoms with E-state index < -0.39 is 22.0 Å². The van der Waals surface area contributed by atoms with Crippen LogP contribution >= 0.6 is 11.6 Å². The van der Waals surface area contributed by atoms with Crippen molar-refractivity contribution in [3.8, 4) is 0 Å². The van der Waals surface area contributed by atoms with E-state index >= 15 is 0 Å². The van der Waals surface area contributed by atoms with Gasteiger partial charge in [-0.15, -0.1) is 0 Å². The minimum absolute atomic E-state index is 0.0289. The first-order chi connectivity index (χ1) is 16.3. The lowest BCUT2D eigenvalue weighted by atomic mass is 10.1. The van der Waals surface area contributed by atoms with Crippen LogP contribution in [0.5, 0.6) is 0 Å². The molecular formula is C24H25ClN2O6S. The summed E-state index contributed by atoms with van der Waals surface area (Å²) in [7, 11) is -4.02. The Hall–Kier alpha value is -2.88. The van der Waals surface area contributed by atoms with Gasteiger partial charge in [0.05, 0.1) is 11.5 Å². The van der Waals surface area contributed by atoms with Gasteiger partial charge in [-0.1, -0.05) is 17.7 Å². The Balaban J connectivity index is 1.71. The van der Waals surface area contributed by atoms with Crippen molar-refractivity contribution in [1.29, 1.82) is 0 Å². The predicted octanol–water partition coefficient (Wildman–Crippen LogP) is 4.12. The van der Waals surface area contributed by atoms with Crippen LogP contribution in [0, 0.1) is 0 Å². The fourth-order valence-corrected chi connectivity index (χ4v) is 5.71. The standard InChI is InChI=1S/C24H25ClN2O6S/c1-2-32-24(29)22-14-17-13-16(6-11-21(17)33-22)15-27(20-5-3-4-12-26-23(20)28)34(30,31)19-9-7-18(25)8-10-19/h6-11,13-14,20H,2-5,12,15H2,1H3,(H,26,28). The molecule has 0 radical (unpaired) electrons. The van der Waals surface area contributed by atoms with Gasteiger partial charge >= 0.3 is 5.97 Å². The van der Waals surface area contributed by atoms with Crippen molar-refractivity contribution in [2.45, 2.75) is 43.7 Å². The molecule has 180 valence electrons. The topological polar surface area (TPSA) is 106 Å². The van der Waals surface area contributed by atoms with Gasteiger partial charge in [0.15, 0.2) is 0 Å². The van der Waals surface area contributed by atoms with Gasteiger partial charge in [0.1, 0.15) is 11.6 Å². The zero-order valence-electron chi connectivity index (χ0n) is 18.6. The molecule has 1 aliphatic heterocycles. The molecule has 1 aromatic heterocycles. The zero-order valence-corrected chi connectivity index (χ0v) is 20.2. The number of furan rings is 1. The molecule has 10 heteroatoms. The molecule has 8 nitrogen and oxygen atoms in total. The van der Waals surface area contributed by atoms with Crippen molar-refractivity contribution < 1.29 is 27.2 Å². The molecule has 1 unspecified atom stereocenters. The van der Waals surface area contributed by atoms with Crippen molar-refractivity contribution in [3.63, 3.8) is 0 Å². The van der Waals surface area contributed by atoms with Crippen LogP contribution in [0.4, 0.5) is 0 Å². The van der Waals surface area contributed by atoms with Gasteiger partial charge in [-0.05, 0) is 74.2 Å². The lowest BCUT2D eigenvalue weighted by Crippen LogP contribution is -2.48. The number of carbonyl (C=O) groups excluding carboxylic acids is 2. The average molecular weight is 505 g/mol. The molecule has 1 fully saturated rings. The Morgan fingerprint density at radius 2 is 1.94 bits per heavy atom. The Morgan fingerprint density at radius 3 is 2.68 bits per heavy atom. The Bertz CT molecular complexity index is 1300. The largest absolute Gasteiger partial charge is 0.460 e. The summed E-state index contributed by atoms with van der Waals surface area (Å²) in [5.74, 6) is -0.811. The number of halogens is 1.